The van der Waals surface area contributed by atoms with Crippen LogP contribution in [-0.4, -0.2) is 64.9 Å². The van der Waals surface area contributed by atoms with Crippen molar-refractivity contribution in [3.63, 3.8) is 0 Å². The number of aromatic amines is 1. The Balaban J connectivity index is 1.61. The third kappa shape index (κ3) is 2.14. The molecule has 7 heteroatoms. The molecule has 0 aromatic carbocycles. The molecule has 3 aliphatic rings. The van der Waals surface area contributed by atoms with E-state index < -0.39 is 5.60 Å². The normalized spacial score (nSPS) is 26.2. The van der Waals surface area contributed by atoms with Crippen LogP contribution in [0.3, 0.4) is 0 Å². The SMILES string of the molecule is Cc1[nH]c2c(c1C(=O)N1CC[C@]3(CN(C)C(=O)O3)C1)C(=O)CCC2. The van der Waals surface area contributed by atoms with Gasteiger partial charge >= 0.3 is 6.09 Å². The molecule has 2 aliphatic heterocycles. The lowest BCUT2D eigenvalue weighted by atomic mass is 9.92. The van der Waals surface area contributed by atoms with Gasteiger partial charge in [-0.15, -0.1) is 0 Å². The highest BCUT2D eigenvalue weighted by atomic mass is 16.6. The van der Waals surface area contributed by atoms with Crippen molar-refractivity contribution in [1.29, 1.82) is 0 Å². The van der Waals surface area contributed by atoms with Crippen molar-refractivity contribution < 1.29 is 19.1 Å². The van der Waals surface area contributed by atoms with E-state index in [9.17, 15) is 14.4 Å². The van der Waals surface area contributed by atoms with E-state index in [1.54, 1.807) is 16.8 Å². The van der Waals surface area contributed by atoms with Gasteiger partial charge in [-0.3, -0.25) is 9.59 Å². The fourth-order valence-electron chi connectivity index (χ4n) is 4.18. The summed E-state index contributed by atoms with van der Waals surface area (Å²) in [5, 5.41) is 0. The lowest BCUT2D eigenvalue weighted by Gasteiger charge is -2.22. The van der Waals surface area contributed by atoms with Gasteiger partial charge in [0.2, 0.25) is 0 Å². The van der Waals surface area contributed by atoms with Gasteiger partial charge in [-0.25, -0.2) is 4.79 Å². The molecule has 24 heavy (non-hydrogen) atoms. The number of rotatable bonds is 1. The predicted octanol–water partition coefficient (Wildman–Crippen LogP) is 1.51. The van der Waals surface area contributed by atoms with Crippen LogP contribution < -0.4 is 0 Å². The molecule has 4 rings (SSSR count). The van der Waals surface area contributed by atoms with E-state index in [2.05, 4.69) is 4.98 Å². The summed E-state index contributed by atoms with van der Waals surface area (Å²) >= 11 is 0. The zero-order chi connectivity index (χ0) is 17.1. The number of amides is 2. The number of aryl methyl sites for hydroxylation is 2. The number of fused-ring (bicyclic) bond motifs is 1. The summed E-state index contributed by atoms with van der Waals surface area (Å²) in [6, 6.07) is 0. The summed E-state index contributed by atoms with van der Waals surface area (Å²) < 4.78 is 5.50. The Kier molecular flexibility index (Phi) is 3.23. The van der Waals surface area contributed by atoms with Crippen molar-refractivity contribution in [3.8, 4) is 0 Å². The summed E-state index contributed by atoms with van der Waals surface area (Å²) in [4.78, 5) is 43.5. The molecule has 128 valence electrons. The Morgan fingerprint density at radius 3 is 2.75 bits per heavy atom. The third-order valence-electron chi connectivity index (χ3n) is 5.33. The second kappa shape index (κ2) is 5.09. The monoisotopic (exact) mass is 331 g/mol. The van der Waals surface area contributed by atoms with Crippen LogP contribution >= 0.6 is 0 Å². The summed E-state index contributed by atoms with van der Waals surface area (Å²) in [6.45, 7) is 3.26. The van der Waals surface area contributed by atoms with E-state index in [1.807, 2.05) is 6.92 Å². The number of nitrogens with zero attached hydrogens (tertiary/aromatic N) is 2. The average Bonchev–Trinajstić information content (AvgIpc) is 3.16. The van der Waals surface area contributed by atoms with Crippen LogP contribution in [0.25, 0.3) is 0 Å². The van der Waals surface area contributed by atoms with Crippen molar-refractivity contribution in [1.82, 2.24) is 14.8 Å². The fourth-order valence-corrected chi connectivity index (χ4v) is 4.18. The molecule has 1 atom stereocenters. The maximum absolute atomic E-state index is 13.0. The molecular weight excluding hydrogens is 310 g/mol. The number of ether oxygens (including phenoxy) is 1. The third-order valence-corrected chi connectivity index (χ3v) is 5.33. The first-order valence-corrected chi connectivity index (χ1v) is 8.38. The van der Waals surface area contributed by atoms with Crippen LogP contribution in [0.15, 0.2) is 0 Å². The van der Waals surface area contributed by atoms with Crippen molar-refractivity contribution in [2.24, 2.45) is 0 Å². The van der Waals surface area contributed by atoms with E-state index in [0.717, 1.165) is 24.2 Å². The van der Waals surface area contributed by atoms with Crippen LogP contribution in [0.2, 0.25) is 0 Å². The number of nitrogens with one attached hydrogen (secondary N) is 1. The van der Waals surface area contributed by atoms with Gasteiger partial charge in [0.25, 0.3) is 5.91 Å². The van der Waals surface area contributed by atoms with Gasteiger partial charge in [0.15, 0.2) is 11.4 Å². The van der Waals surface area contributed by atoms with Gasteiger partial charge in [0.1, 0.15) is 0 Å². The molecule has 3 heterocycles. The van der Waals surface area contributed by atoms with Crippen LogP contribution in [0.4, 0.5) is 4.79 Å². The number of hydrogen-bond acceptors (Lipinski definition) is 4. The summed E-state index contributed by atoms with van der Waals surface area (Å²) in [6.07, 6.45) is 2.43. The summed E-state index contributed by atoms with van der Waals surface area (Å²) in [7, 11) is 1.70. The number of ketones is 1. The molecule has 0 bridgehead atoms. The van der Waals surface area contributed by atoms with Crippen LogP contribution in [0, 0.1) is 6.92 Å². The lowest BCUT2D eigenvalue weighted by molar-refractivity contribution is 0.0552. The molecule has 0 radical (unpaired) electrons. The van der Waals surface area contributed by atoms with E-state index in [1.165, 1.54) is 0 Å². The fraction of sp³-hybridized carbons (Fsp3) is 0.588. The summed E-state index contributed by atoms with van der Waals surface area (Å²) in [5.74, 6) is -0.0902. The van der Waals surface area contributed by atoms with E-state index in [4.69, 9.17) is 4.74 Å². The largest absolute Gasteiger partial charge is 0.439 e. The second-order valence-electron chi connectivity index (χ2n) is 7.14. The molecule has 1 spiro atoms. The summed E-state index contributed by atoms with van der Waals surface area (Å²) in [5.41, 5.74) is 2.11. The average molecular weight is 331 g/mol. The Morgan fingerprint density at radius 1 is 1.25 bits per heavy atom. The highest BCUT2D eigenvalue weighted by Crippen LogP contribution is 2.34. The maximum atomic E-state index is 13.0. The molecule has 1 aliphatic carbocycles. The molecule has 2 fully saturated rings. The molecular formula is C17H21N3O4. The van der Waals surface area contributed by atoms with Crippen molar-refractivity contribution >= 4 is 17.8 Å². The van der Waals surface area contributed by atoms with Gasteiger partial charge in [0.05, 0.1) is 24.2 Å². The number of likely N-dealkylation sites (N-methyl/N-ethyl adjacent to an activating group) is 1. The maximum Gasteiger partial charge on any atom is 0.410 e. The molecule has 2 amide bonds. The number of carbonyl (C=O) groups is 3. The Morgan fingerprint density at radius 2 is 2.04 bits per heavy atom. The Labute approximate surface area is 139 Å². The topological polar surface area (TPSA) is 82.7 Å². The molecule has 1 N–H and O–H groups in total. The number of likely N-dealkylation sites (tertiary alicyclic amines) is 1. The number of aromatic nitrogens is 1. The minimum atomic E-state index is -0.601. The standard InChI is InChI=1S/C17H21N3O4/c1-10-13(14-11(18-10)4-3-5-12(14)21)15(22)20-7-6-17(9-20)8-19(2)16(23)24-17/h18H,3-9H2,1-2H3/t17-/m0/s1. The smallest absolute Gasteiger partial charge is 0.410 e. The minimum absolute atomic E-state index is 0.0462. The van der Waals surface area contributed by atoms with Gasteiger partial charge in [-0.05, 0) is 19.8 Å². The molecule has 0 saturated carbocycles. The zero-order valence-electron chi connectivity index (χ0n) is 14.0. The first kappa shape index (κ1) is 15.2. The van der Waals surface area contributed by atoms with E-state index in [0.29, 0.717) is 43.6 Å². The van der Waals surface area contributed by atoms with Gasteiger partial charge in [-0.2, -0.15) is 0 Å². The minimum Gasteiger partial charge on any atom is -0.439 e. The lowest BCUT2D eigenvalue weighted by Crippen LogP contribution is -2.39. The zero-order valence-corrected chi connectivity index (χ0v) is 14.0. The van der Waals surface area contributed by atoms with Crippen LogP contribution in [0.5, 0.6) is 0 Å². The number of carbonyl (C=O) groups excluding carboxylic acids is 3. The molecule has 2 saturated heterocycles. The first-order valence-electron chi connectivity index (χ1n) is 8.38. The van der Waals surface area contributed by atoms with Crippen molar-refractivity contribution in [2.75, 3.05) is 26.7 Å². The predicted molar refractivity (Wildman–Crippen MR) is 85.2 cm³/mol. The highest BCUT2D eigenvalue weighted by Gasteiger charge is 2.50. The Bertz CT molecular complexity index is 753. The van der Waals surface area contributed by atoms with E-state index >= 15 is 0 Å². The van der Waals surface area contributed by atoms with Gasteiger partial charge in [-0.1, -0.05) is 0 Å². The highest BCUT2D eigenvalue weighted by molar-refractivity contribution is 6.10. The first-order chi connectivity index (χ1) is 11.4. The number of Topliss-reactive ketones (excluding diaryl/α,β-unsaturated/α-hetero) is 1. The molecule has 7 nitrogen and oxygen atoms in total. The quantitative estimate of drug-likeness (QED) is 0.845. The van der Waals surface area contributed by atoms with Gasteiger partial charge in [0, 0.05) is 37.8 Å². The van der Waals surface area contributed by atoms with Crippen LogP contribution in [0.1, 0.15) is 51.4 Å². The molecule has 0 unspecified atom stereocenters. The van der Waals surface area contributed by atoms with Crippen molar-refractivity contribution in [3.05, 3.63) is 22.5 Å². The van der Waals surface area contributed by atoms with E-state index in [-0.39, 0.29) is 17.8 Å². The van der Waals surface area contributed by atoms with Crippen molar-refractivity contribution in [2.45, 2.75) is 38.2 Å². The van der Waals surface area contributed by atoms with Crippen LogP contribution in [-0.2, 0) is 11.2 Å². The Hall–Kier alpha value is -2.31. The molecule has 1 aromatic heterocycles. The van der Waals surface area contributed by atoms with Gasteiger partial charge < -0.3 is 19.5 Å². The second-order valence-corrected chi connectivity index (χ2v) is 7.14. The number of hydrogen-bond donors (Lipinski definition) is 1. The number of H-pyrrole nitrogens is 1. The molecule has 1 aromatic rings.